The van der Waals surface area contributed by atoms with Crippen LogP contribution in [-0.4, -0.2) is 21.4 Å². The fourth-order valence-corrected chi connectivity index (χ4v) is 3.36. The molecule has 0 atom stereocenters. The molecule has 6 nitrogen and oxygen atoms in total. The van der Waals surface area contributed by atoms with Crippen LogP contribution in [0.5, 0.6) is 0 Å². The summed E-state index contributed by atoms with van der Waals surface area (Å²) in [5.41, 5.74) is 1.95. The molecule has 7 heteroatoms. The molecule has 0 fully saturated rings. The number of hydrogen-bond donors (Lipinski definition) is 2. The normalized spacial score (nSPS) is 12.9. The van der Waals surface area contributed by atoms with Crippen molar-refractivity contribution in [3.8, 4) is 0 Å². The van der Waals surface area contributed by atoms with Crippen LogP contribution in [0.15, 0.2) is 54.6 Å². The lowest BCUT2D eigenvalue weighted by atomic mass is 10.1. The highest BCUT2D eigenvalue weighted by molar-refractivity contribution is 6.07. The predicted molar refractivity (Wildman–Crippen MR) is 104 cm³/mol. The van der Waals surface area contributed by atoms with Gasteiger partial charge in [-0.3, -0.25) is 9.59 Å². The largest absolute Gasteiger partial charge is 0.323 e. The molecule has 2 aromatic carbocycles. The highest BCUT2D eigenvalue weighted by atomic mass is 19.1. The van der Waals surface area contributed by atoms with Gasteiger partial charge < -0.3 is 15.2 Å². The van der Waals surface area contributed by atoms with E-state index >= 15 is 0 Å². The van der Waals surface area contributed by atoms with Crippen molar-refractivity contribution in [1.82, 2.24) is 9.55 Å². The molecule has 2 heterocycles. The van der Waals surface area contributed by atoms with E-state index in [9.17, 15) is 14.0 Å². The number of amides is 2. The first-order valence-electron chi connectivity index (χ1n) is 9.14. The van der Waals surface area contributed by atoms with Gasteiger partial charge in [0.15, 0.2) is 11.5 Å². The monoisotopic (exact) mass is 378 g/mol. The molecule has 3 aromatic rings. The molecule has 0 aliphatic carbocycles. The van der Waals surface area contributed by atoms with Gasteiger partial charge in [-0.05, 0) is 49.6 Å². The quantitative estimate of drug-likeness (QED) is 0.724. The van der Waals surface area contributed by atoms with Crippen LogP contribution in [0, 0.1) is 5.82 Å². The number of anilines is 2. The molecule has 0 radical (unpaired) electrons. The average molecular weight is 378 g/mol. The highest BCUT2D eigenvalue weighted by Crippen LogP contribution is 2.23. The van der Waals surface area contributed by atoms with Crippen LogP contribution in [0.25, 0.3) is 0 Å². The van der Waals surface area contributed by atoms with Gasteiger partial charge in [0.25, 0.3) is 11.8 Å². The molecule has 1 aliphatic rings. The Morgan fingerprint density at radius 3 is 2.46 bits per heavy atom. The number of benzene rings is 2. The Labute approximate surface area is 161 Å². The maximum Gasteiger partial charge on any atom is 0.291 e. The van der Waals surface area contributed by atoms with Crippen LogP contribution < -0.4 is 10.6 Å². The second-order valence-corrected chi connectivity index (χ2v) is 6.62. The first kappa shape index (κ1) is 17.9. The maximum atomic E-state index is 13.4. The van der Waals surface area contributed by atoms with Crippen molar-refractivity contribution in [3.05, 3.63) is 77.6 Å². The van der Waals surface area contributed by atoms with Gasteiger partial charge in [0.2, 0.25) is 0 Å². The number of nitrogens with one attached hydrogen (secondary N) is 2. The summed E-state index contributed by atoms with van der Waals surface area (Å²) in [6, 6.07) is 14.8. The molecule has 1 aliphatic heterocycles. The fraction of sp³-hybridized carbons (Fsp3) is 0.190. The van der Waals surface area contributed by atoms with E-state index in [0.29, 0.717) is 24.3 Å². The second-order valence-electron chi connectivity index (χ2n) is 6.62. The zero-order valence-corrected chi connectivity index (χ0v) is 15.1. The molecule has 142 valence electrons. The molecule has 0 spiro atoms. The number of carbonyl (C=O) groups is 2. The Hall–Kier alpha value is -3.48. The molecule has 0 saturated heterocycles. The molecule has 0 unspecified atom stereocenters. The van der Waals surface area contributed by atoms with Crippen LogP contribution in [0.4, 0.5) is 15.8 Å². The van der Waals surface area contributed by atoms with Crippen LogP contribution in [-0.2, 0) is 13.0 Å². The van der Waals surface area contributed by atoms with E-state index in [1.54, 1.807) is 18.2 Å². The van der Waals surface area contributed by atoms with Gasteiger partial charge in [-0.1, -0.05) is 24.3 Å². The molecule has 2 amide bonds. The van der Waals surface area contributed by atoms with Crippen molar-refractivity contribution < 1.29 is 14.0 Å². The van der Waals surface area contributed by atoms with Crippen LogP contribution >= 0.6 is 0 Å². The van der Waals surface area contributed by atoms with Crippen molar-refractivity contribution in [2.75, 3.05) is 10.6 Å². The van der Waals surface area contributed by atoms with Gasteiger partial charge >= 0.3 is 0 Å². The Morgan fingerprint density at radius 2 is 1.68 bits per heavy atom. The Balaban J connectivity index is 1.63. The third kappa shape index (κ3) is 3.64. The predicted octanol–water partition coefficient (Wildman–Crippen LogP) is 3.86. The minimum atomic E-state index is -0.449. The van der Waals surface area contributed by atoms with Crippen LogP contribution in [0.1, 0.15) is 39.6 Å². The summed E-state index contributed by atoms with van der Waals surface area (Å²) >= 11 is 0. The van der Waals surface area contributed by atoms with Crippen molar-refractivity contribution in [2.45, 2.75) is 25.8 Å². The van der Waals surface area contributed by atoms with E-state index in [4.69, 9.17) is 0 Å². The molecule has 4 rings (SSSR count). The number of rotatable bonds is 4. The zero-order chi connectivity index (χ0) is 19.5. The lowest BCUT2D eigenvalue weighted by Crippen LogP contribution is -2.21. The summed E-state index contributed by atoms with van der Waals surface area (Å²) in [6.07, 6.45) is 2.50. The summed E-state index contributed by atoms with van der Waals surface area (Å²) in [7, 11) is 0. The molecule has 2 N–H and O–H groups in total. The number of hydrogen-bond acceptors (Lipinski definition) is 3. The molecule has 0 bridgehead atoms. The van der Waals surface area contributed by atoms with Gasteiger partial charge in [-0.2, -0.15) is 0 Å². The second kappa shape index (κ2) is 7.64. The van der Waals surface area contributed by atoms with Gasteiger partial charge in [0, 0.05) is 17.9 Å². The molecule has 0 saturated carbocycles. The molecular weight excluding hydrogens is 359 g/mol. The zero-order valence-electron chi connectivity index (χ0n) is 15.1. The topological polar surface area (TPSA) is 76.0 Å². The molecule has 1 aromatic heterocycles. The Morgan fingerprint density at radius 1 is 0.929 bits per heavy atom. The number of nitrogens with zero attached hydrogens (tertiary/aromatic N) is 2. The minimum Gasteiger partial charge on any atom is -0.323 e. The lowest BCUT2D eigenvalue weighted by molar-refractivity contribution is 0.101. The van der Waals surface area contributed by atoms with Gasteiger partial charge in [0.05, 0.1) is 5.69 Å². The molecule has 28 heavy (non-hydrogen) atoms. The SMILES string of the molecule is O=C(Nc1cccc(F)c1)c1nc(C(=O)Nc2ccccc2)n2c1CCCC2. The number of carbonyl (C=O) groups excluding carboxylic acids is 2. The third-order valence-electron chi connectivity index (χ3n) is 4.65. The number of aromatic nitrogens is 2. The van der Waals surface area contributed by atoms with E-state index in [-0.39, 0.29) is 17.4 Å². The van der Waals surface area contributed by atoms with Gasteiger partial charge in [-0.15, -0.1) is 0 Å². The first-order chi connectivity index (χ1) is 13.6. The van der Waals surface area contributed by atoms with Crippen LogP contribution in [0.2, 0.25) is 0 Å². The van der Waals surface area contributed by atoms with Crippen molar-refractivity contribution in [2.24, 2.45) is 0 Å². The average Bonchev–Trinajstić information content (AvgIpc) is 3.09. The number of para-hydroxylation sites is 1. The summed E-state index contributed by atoms with van der Waals surface area (Å²) in [5.74, 6) is -1.04. The standard InChI is InChI=1S/C21H19FN4O2/c22-14-7-6-10-16(13-14)24-20(27)18-17-11-4-5-12-26(17)19(25-18)21(28)23-15-8-2-1-3-9-15/h1-3,6-10,13H,4-5,11-12H2,(H,23,28)(H,24,27). The number of fused-ring (bicyclic) bond motifs is 1. The highest BCUT2D eigenvalue weighted by Gasteiger charge is 2.27. The van der Waals surface area contributed by atoms with Gasteiger partial charge in [0.1, 0.15) is 5.82 Å². The summed E-state index contributed by atoms with van der Waals surface area (Å²) in [4.78, 5) is 29.9. The smallest absolute Gasteiger partial charge is 0.291 e. The van der Waals surface area contributed by atoms with Crippen molar-refractivity contribution in [1.29, 1.82) is 0 Å². The van der Waals surface area contributed by atoms with Crippen LogP contribution in [0.3, 0.4) is 0 Å². The first-order valence-corrected chi connectivity index (χ1v) is 9.14. The number of imidazole rings is 1. The van der Waals surface area contributed by atoms with Crippen molar-refractivity contribution >= 4 is 23.2 Å². The Kier molecular flexibility index (Phi) is 4.89. The lowest BCUT2D eigenvalue weighted by Gasteiger charge is -2.17. The van der Waals surface area contributed by atoms with Gasteiger partial charge in [-0.25, -0.2) is 9.37 Å². The third-order valence-corrected chi connectivity index (χ3v) is 4.65. The maximum absolute atomic E-state index is 13.4. The fourth-order valence-electron chi connectivity index (χ4n) is 3.36. The minimum absolute atomic E-state index is 0.210. The number of halogens is 1. The summed E-state index contributed by atoms with van der Waals surface area (Å²) in [5, 5.41) is 5.48. The van der Waals surface area contributed by atoms with E-state index in [2.05, 4.69) is 15.6 Å². The molecular formula is C21H19FN4O2. The van der Waals surface area contributed by atoms with E-state index in [1.165, 1.54) is 18.2 Å². The summed E-state index contributed by atoms with van der Waals surface area (Å²) in [6.45, 7) is 0.632. The van der Waals surface area contributed by atoms with E-state index in [0.717, 1.165) is 18.5 Å². The van der Waals surface area contributed by atoms with E-state index in [1.807, 2.05) is 22.8 Å². The summed E-state index contributed by atoms with van der Waals surface area (Å²) < 4.78 is 15.2. The van der Waals surface area contributed by atoms with E-state index < -0.39 is 11.7 Å². The Bertz CT molecular complexity index is 1030. The van der Waals surface area contributed by atoms with Crippen molar-refractivity contribution in [3.63, 3.8) is 0 Å².